The number of ether oxygens (including phenoxy) is 1. The summed E-state index contributed by atoms with van der Waals surface area (Å²) in [6.07, 6.45) is 0.632. The van der Waals surface area contributed by atoms with Crippen LogP contribution in [0.3, 0.4) is 0 Å². The van der Waals surface area contributed by atoms with Crippen molar-refractivity contribution in [2.24, 2.45) is 0 Å². The first-order valence-electron chi connectivity index (χ1n) is 5.69. The lowest BCUT2D eigenvalue weighted by Gasteiger charge is -2.09. The van der Waals surface area contributed by atoms with Crippen LogP contribution in [-0.4, -0.2) is 18.6 Å². The first-order chi connectivity index (χ1) is 9.81. The van der Waals surface area contributed by atoms with Crippen LogP contribution in [0.15, 0.2) is 21.6 Å². The Morgan fingerprint density at radius 2 is 1.90 bits per heavy atom. The highest BCUT2D eigenvalue weighted by Crippen LogP contribution is 2.36. The topological polar surface area (TPSA) is 82.3 Å². The van der Waals surface area contributed by atoms with Crippen molar-refractivity contribution in [1.29, 1.82) is 0 Å². The summed E-state index contributed by atoms with van der Waals surface area (Å²) in [5.74, 6) is 0.918. The van der Waals surface area contributed by atoms with Crippen molar-refractivity contribution in [3.05, 3.63) is 33.9 Å². The summed E-state index contributed by atoms with van der Waals surface area (Å²) >= 11 is 11.9. The zero-order chi connectivity index (χ0) is 15.6. The van der Waals surface area contributed by atoms with Gasteiger partial charge in [0.1, 0.15) is 0 Å². The van der Waals surface area contributed by atoms with Gasteiger partial charge in [-0.2, -0.15) is 4.98 Å². The lowest BCUT2D eigenvalue weighted by molar-refractivity contribution is 0.242. The summed E-state index contributed by atoms with van der Waals surface area (Å²) < 4.78 is 32.8. The summed E-state index contributed by atoms with van der Waals surface area (Å²) in [5.41, 5.74) is 0. The zero-order valence-corrected chi connectivity index (χ0v) is 13.7. The normalized spacial score (nSPS) is 11.6. The molecular weight excluding hydrogens is 363 g/mol. The smallest absolute Gasteiger partial charge is 0.264 e. The van der Waals surface area contributed by atoms with E-state index in [0.29, 0.717) is 12.2 Å². The molecule has 0 spiro atoms. The second-order valence-electron chi connectivity index (χ2n) is 3.90. The van der Waals surface area contributed by atoms with E-state index in [-0.39, 0.29) is 33.2 Å². The molecule has 0 bridgehead atoms. The molecule has 6 nitrogen and oxygen atoms in total. The van der Waals surface area contributed by atoms with Gasteiger partial charge in [-0.15, -0.1) is 0 Å². The molecular formula is C11H9Cl3N2O4S. The van der Waals surface area contributed by atoms with Crippen LogP contribution in [0.5, 0.6) is 5.75 Å². The fourth-order valence-corrected chi connectivity index (χ4v) is 2.95. The summed E-state index contributed by atoms with van der Waals surface area (Å²) in [7, 11) is 1.30. The van der Waals surface area contributed by atoms with Gasteiger partial charge in [0.2, 0.25) is 0 Å². The molecule has 1 heterocycles. The Morgan fingerprint density at radius 1 is 1.29 bits per heavy atom. The van der Waals surface area contributed by atoms with Crippen molar-refractivity contribution in [3.63, 3.8) is 0 Å². The Bertz CT molecular complexity index is 738. The van der Waals surface area contributed by atoms with Crippen LogP contribution in [0.2, 0.25) is 10.0 Å². The number of halogens is 3. The summed E-state index contributed by atoms with van der Waals surface area (Å²) in [6, 6.07) is 2.30. The lowest BCUT2D eigenvalue weighted by Crippen LogP contribution is -1.99. The van der Waals surface area contributed by atoms with Gasteiger partial charge in [-0.3, -0.25) is 0 Å². The van der Waals surface area contributed by atoms with E-state index in [2.05, 4.69) is 10.1 Å². The molecule has 1 aromatic carbocycles. The van der Waals surface area contributed by atoms with Gasteiger partial charge in [0.15, 0.2) is 18.2 Å². The molecule has 114 valence electrons. The number of benzene rings is 1. The van der Waals surface area contributed by atoms with Gasteiger partial charge >= 0.3 is 0 Å². The molecule has 2 aromatic rings. The third kappa shape index (κ3) is 4.00. The molecule has 0 aliphatic heterocycles. The molecule has 0 unspecified atom stereocenters. The summed E-state index contributed by atoms with van der Waals surface area (Å²) in [6.45, 7) is 1.84. The Morgan fingerprint density at radius 3 is 2.38 bits per heavy atom. The van der Waals surface area contributed by atoms with Crippen LogP contribution in [0.25, 0.3) is 0 Å². The molecule has 10 heteroatoms. The minimum atomic E-state index is -3.92. The van der Waals surface area contributed by atoms with Crippen molar-refractivity contribution in [2.75, 3.05) is 0 Å². The lowest BCUT2D eigenvalue weighted by atomic mass is 10.3. The van der Waals surface area contributed by atoms with Crippen molar-refractivity contribution < 1.29 is 17.7 Å². The summed E-state index contributed by atoms with van der Waals surface area (Å²) in [5, 5.41) is 3.73. The molecule has 1 aromatic heterocycles. The maximum absolute atomic E-state index is 11.2. The fourth-order valence-electron chi connectivity index (χ4n) is 1.44. The van der Waals surface area contributed by atoms with E-state index in [1.807, 2.05) is 6.92 Å². The van der Waals surface area contributed by atoms with E-state index in [4.69, 9.17) is 43.1 Å². The van der Waals surface area contributed by atoms with Crippen LogP contribution in [-0.2, 0) is 22.1 Å². The largest absolute Gasteiger partial charge is 0.481 e. The van der Waals surface area contributed by atoms with Crippen molar-refractivity contribution in [1.82, 2.24) is 10.1 Å². The highest BCUT2D eigenvalue weighted by Gasteiger charge is 2.17. The number of aryl methyl sites for hydroxylation is 1. The zero-order valence-electron chi connectivity index (χ0n) is 10.6. The van der Waals surface area contributed by atoms with Crippen LogP contribution in [0.4, 0.5) is 0 Å². The second-order valence-corrected chi connectivity index (χ2v) is 7.28. The van der Waals surface area contributed by atoms with Gasteiger partial charge in [0.05, 0.1) is 14.9 Å². The van der Waals surface area contributed by atoms with Crippen LogP contribution >= 0.6 is 33.9 Å². The standard InChI is InChI=1S/C11H9Cl3N2O4S/c1-2-9-15-10(20-16-9)5-19-11-7(12)3-6(4-8(11)13)21(14,17)18/h3-4H,2,5H2,1H3. The van der Waals surface area contributed by atoms with Crippen molar-refractivity contribution in [2.45, 2.75) is 24.8 Å². The highest BCUT2D eigenvalue weighted by atomic mass is 35.7. The number of nitrogens with zero attached hydrogens (tertiary/aromatic N) is 2. The van der Waals surface area contributed by atoms with Gasteiger partial charge in [-0.05, 0) is 12.1 Å². The maximum atomic E-state index is 11.2. The minimum absolute atomic E-state index is 0.0111. The third-order valence-corrected chi connectivity index (χ3v) is 4.31. The number of aromatic nitrogens is 2. The number of hydrogen-bond donors (Lipinski definition) is 0. The molecule has 0 atom stereocenters. The Hall–Kier alpha value is -1.02. The first kappa shape index (κ1) is 16.4. The second kappa shape index (κ2) is 6.39. The molecule has 0 aliphatic rings. The first-order valence-corrected chi connectivity index (χ1v) is 8.75. The van der Waals surface area contributed by atoms with E-state index < -0.39 is 9.05 Å². The fraction of sp³-hybridized carbons (Fsp3) is 0.273. The summed E-state index contributed by atoms with van der Waals surface area (Å²) in [4.78, 5) is 3.84. The van der Waals surface area contributed by atoms with Crippen molar-refractivity contribution >= 4 is 42.9 Å². The highest BCUT2D eigenvalue weighted by molar-refractivity contribution is 8.13. The van der Waals surface area contributed by atoms with Gasteiger partial charge < -0.3 is 9.26 Å². The molecule has 0 radical (unpaired) electrons. The molecule has 0 aliphatic carbocycles. The van der Waals surface area contributed by atoms with E-state index in [1.54, 1.807) is 0 Å². The van der Waals surface area contributed by atoms with E-state index in [1.165, 1.54) is 0 Å². The predicted molar refractivity (Wildman–Crippen MR) is 77.5 cm³/mol. The Labute approximate surface area is 135 Å². The number of rotatable bonds is 5. The van der Waals surface area contributed by atoms with Gasteiger partial charge in [0.25, 0.3) is 14.9 Å². The van der Waals surface area contributed by atoms with Gasteiger partial charge in [-0.25, -0.2) is 8.42 Å². The monoisotopic (exact) mass is 370 g/mol. The van der Waals surface area contributed by atoms with Gasteiger partial charge in [-0.1, -0.05) is 35.3 Å². The Kier molecular flexibility index (Phi) is 4.98. The maximum Gasteiger partial charge on any atom is 0.264 e. The van der Waals surface area contributed by atoms with Crippen molar-refractivity contribution in [3.8, 4) is 5.75 Å². The number of hydrogen-bond acceptors (Lipinski definition) is 6. The van der Waals surface area contributed by atoms with Crippen LogP contribution in [0, 0.1) is 0 Å². The molecule has 0 saturated heterocycles. The van der Waals surface area contributed by atoms with E-state index in [0.717, 1.165) is 12.1 Å². The predicted octanol–water partition coefficient (Wildman–Crippen LogP) is 3.45. The minimum Gasteiger partial charge on any atom is -0.481 e. The Balaban J connectivity index is 2.21. The van der Waals surface area contributed by atoms with Crippen LogP contribution < -0.4 is 4.74 Å². The average Bonchev–Trinajstić information content (AvgIpc) is 2.84. The van der Waals surface area contributed by atoms with E-state index >= 15 is 0 Å². The molecule has 0 amide bonds. The molecule has 2 rings (SSSR count). The molecule has 0 N–H and O–H groups in total. The molecule has 21 heavy (non-hydrogen) atoms. The quantitative estimate of drug-likeness (QED) is 0.749. The molecule has 0 saturated carbocycles. The molecule has 0 fully saturated rings. The average molecular weight is 372 g/mol. The SMILES string of the molecule is CCc1noc(COc2c(Cl)cc(S(=O)(=O)Cl)cc2Cl)n1. The van der Waals surface area contributed by atoms with Gasteiger partial charge in [0, 0.05) is 17.1 Å². The van der Waals surface area contributed by atoms with Crippen LogP contribution in [0.1, 0.15) is 18.6 Å². The van der Waals surface area contributed by atoms with E-state index in [9.17, 15) is 8.42 Å². The third-order valence-electron chi connectivity index (χ3n) is 2.42.